The third kappa shape index (κ3) is 6.84. The summed E-state index contributed by atoms with van der Waals surface area (Å²) < 4.78 is 5.18. The van der Waals surface area contributed by atoms with E-state index in [1.54, 1.807) is 20.8 Å². The molecule has 1 saturated carbocycles. The fourth-order valence-corrected chi connectivity index (χ4v) is 1.93. The molecule has 5 nitrogen and oxygen atoms in total. The molecule has 5 heteroatoms. The molecule has 0 aromatic rings. The Balaban J connectivity index is 2.51. The summed E-state index contributed by atoms with van der Waals surface area (Å²) in [5.74, 6) is -0.442. The Hall–Kier alpha value is -1.52. The predicted molar refractivity (Wildman–Crippen MR) is 71.9 cm³/mol. The summed E-state index contributed by atoms with van der Waals surface area (Å²) in [6.45, 7) is 5.38. The molecule has 0 aromatic heterocycles. The van der Waals surface area contributed by atoms with Crippen molar-refractivity contribution >= 4 is 12.1 Å². The average Bonchev–Trinajstić information content (AvgIpc) is 2.16. The zero-order chi connectivity index (χ0) is 14.5. The Morgan fingerprint density at radius 3 is 2.47 bits per heavy atom. The van der Waals surface area contributed by atoms with Crippen molar-refractivity contribution in [2.75, 3.05) is 0 Å². The lowest BCUT2D eigenvalue weighted by Crippen LogP contribution is -2.39. The van der Waals surface area contributed by atoms with Crippen LogP contribution in [0.3, 0.4) is 0 Å². The van der Waals surface area contributed by atoms with E-state index in [9.17, 15) is 9.59 Å². The highest BCUT2D eigenvalue weighted by Crippen LogP contribution is 2.30. The number of carbonyl (C=O) groups is 2. The van der Waals surface area contributed by atoms with Gasteiger partial charge >= 0.3 is 12.1 Å². The van der Waals surface area contributed by atoms with Crippen molar-refractivity contribution in [2.24, 2.45) is 5.92 Å². The molecule has 1 rings (SSSR count). The molecule has 0 unspecified atom stereocenters. The fourth-order valence-electron chi connectivity index (χ4n) is 1.93. The second-order valence-corrected chi connectivity index (χ2v) is 5.98. The molecule has 0 aromatic carbocycles. The van der Waals surface area contributed by atoms with Gasteiger partial charge in [0.15, 0.2) is 0 Å². The van der Waals surface area contributed by atoms with Gasteiger partial charge in [-0.3, -0.25) is 0 Å². The molecule has 0 spiro atoms. The minimum absolute atomic E-state index is 0.281. The van der Waals surface area contributed by atoms with Gasteiger partial charge in [0, 0.05) is 6.08 Å². The van der Waals surface area contributed by atoms with Crippen LogP contribution >= 0.6 is 0 Å². The Bertz CT molecular complexity index is 353. The number of carboxylic acid groups (broad SMARTS) is 1. The molecular weight excluding hydrogens is 246 g/mol. The Morgan fingerprint density at radius 1 is 1.42 bits per heavy atom. The van der Waals surface area contributed by atoms with Crippen LogP contribution in [0.1, 0.15) is 46.5 Å². The number of amides is 1. The highest BCUT2D eigenvalue weighted by molar-refractivity contribution is 5.80. The van der Waals surface area contributed by atoms with Crippen LogP contribution in [0.25, 0.3) is 0 Å². The zero-order valence-electron chi connectivity index (χ0n) is 11.8. The molecule has 0 heterocycles. The van der Waals surface area contributed by atoms with Gasteiger partial charge in [-0.1, -0.05) is 25.3 Å². The van der Waals surface area contributed by atoms with Crippen LogP contribution in [0.15, 0.2) is 12.2 Å². The van der Waals surface area contributed by atoms with Crippen LogP contribution in [-0.4, -0.2) is 28.8 Å². The molecule has 1 aliphatic carbocycles. The number of carbonyl (C=O) groups excluding carboxylic acids is 1. The lowest BCUT2D eigenvalue weighted by molar-refractivity contribution is -0.131. The number of nitrogens with one attached hydrogen (secondary N) is 1. The number of alkyl carbamates (subject to hydrolysis) is 1. The maximum atomic E-state index is 11.7. The van der Waals surface area contributed by atoms with Crippen molar-refractivity contribution in [3.05, 3.63) is 12.2 Å². The summed E-state index contributed by atoms with van der Waals surface area (Å²) >= 11 is 0. The second-order valence-electron chi connectivity index (χ2n) is 5.98. The molecule has 1 atom stereocenters. The smallest absolute Gasteiger partial charge is 0.408 e. The van der Waals surface area contributed by atoms with Gasteiger partial charge in [0.1, 0.15) is 5.60 Å². The van der Waals surface area contributed by atoms with Crippen molar-refractivity contribution in [2.45, 2.75) is 58.1 Å². The first-order valence-corrected chi connectivity index (χ1v) is 6.67. The largest absolute Gasteiger partial charge is 0.478 e. The Labute approximate surface area is 114 Å². The number of aliphatic carboxylic acids is 1. The lowest BCUT2D eigenvalue weighted by atomic mass is 9.81. The summed E-state index contributed by atoms with van der Waals surface area (Å²) in [6.07, 6.45) is 6.36. The third-order valence-corrected chi connectivity index (χ3v) is 2.99. The maximum Gasteiger partial charge on any atom is 0.408 e. The van der Waals surface area contributed by atoms with Crippen molar-refractivity contribution in [1.29, 1.82) is 0 Å². The van der Waals surface area contributed by atoms with E-state index < -0.39 is 17.7 Å². The molecule has 2 N–H and O–H groups in total. The predicted octanol–water partition coefficient (Wildman–Crippen LogP) is 2.71. The van der Waals surface area contributed by atoms with Crippen molar-refractivity contribution in [3.8, 4) is 0 Å². The minimum atomic E-state index is -1.01. The van der Waals surface area contributed by atoms with Crippen LogP contribution < -0.4 is 5.32 Å². The van der Waals surface area contributed by atoms with E-state index in [2.05, 4.69) is 5.32 Å². The van der Waals surface area contributed by atoms with Crippen molar-refractivity contribution in [3.63, 3.8) is 0 Å². The van der Waals surface area contributed by atoms with Gasteiger partial charge in [0.05, 0.1) is 6.04 Å². The summed E-state index contributed by atoms with van der Waals surface area (Å²) in [5, 5.41) is 11.4. The van der Waals surface area contributed by atoms with Crippen LogP contribution in [0, 0.1) is 5.92 Å². The molecule has 1 amide bonds. The Morgan fingerprint density at radius 2 is 2.05 bits per heavy atom. The number of ether oxygens (including phenoxy) is 1. The van der Waals surface area contributed by atoms with E-state index in [1.807, 2.05) is 0 Å². The van der Waals surface area contributed by atoms with Crippen molar-refractivity contribution in [1.82, 2.24) is 5.32 Å². The fraction of sp³-hybridized carbons (Fsp3) is 0.714. The van der Waals surface area contributed by atoms with Gasteiger partial charge in [0.2, 0.25) is 0 Å². The quantitative estimate of drug-likeness (QED) is 0.752. The normalized spacial score (nSPS) is 17.8. The first-order chi connectivity index (χ1) is 8.76. The molecule has 0 aliphatic heterocycles. The highest BCUT2D eigenvalue weighted by Gasteiger charge is 2.24. The van der Waals surface area contributed by atoms with Gasteiger partial charge in [-0.25, -0.2) is 9.59 Å². The first-order valence-electron chi connectivity index (χ1n) is 6.67. The van der Waals surface area contributed by atoms with E-state index in [0.29, 0.717) is 5.92 Å². The van der Waals surface area contributed by atoms with Crippen LogP contribution in [0.2, 0.25) is 0 Å². The van der Waals surface area contributed by atoms with E-state index in [0.717, 1.165) is 25.3 Å². The van der Waals surface area contributed by atoms with Gasteiger partial charge in [-0.2, -0.15) is 0 Å². The van der Waals surface area contributed by atoms with Crippen LogP contribution in [0.5, 0.6) is 0 Å². The molecule has 108 valence electrons. The molecule has 0 bridgehead atoms. The van der Waals surface area contributed by atoms with E-state index in [-0.39, 0.29) is 6.04 Å². The van der Waals surface area contributed by atoms with Crippen LogP contribution in [-0.2, 0) is 9.53 Å². The standard InChI is InChI=1S/C14H23NO4/c1-14(2,3)19-13(18)15-11(7-8-12(16)17)9-10-5-4-6-10/h7-8,10-11H,4-6,9H2,1-3H3,(H,15,18)(H,16,17)/t11-/m1/s1. The Kier molecular flexibility index (Phi) is 5.39. The van der Waals surface area contributed by atoms with E-state index >= 15 is 0 Å². The molecule has 19 heavy (non-hydrogen) atoms. The second kappa shape index (κ2) is 6.59. The molecular formula is C14H23NO4. The SMILES string of the molecule is CC(C)(C)OC(=O)N[C@H](C=CC(=O)O)CC1CCC1. The topological polar surface area (TPSA) is 75.6 Å². The van der Waals surface area contributed by atoms with Crippen LogP contribution in [0.4, 0.5) is 4.79 Å². The van der Waals surface area contributed by atoms with Gasteiger partial charge in [0.25, 0.3) is 0 Å². The molecule has 1 aliphatic rings. The lowest BCUT2D eigenvalue weighted by Gasteiger charge is -2.29. The maximum absolute atomic E-state index is 11.7. The minimum Gasteiger partial charge on any atom is -0.478 e. The number of hydrogen-bond acceptors (Lipinski definition) is 3. The molecule has 1 fully saturated rings. The zero-order valence-corrected chi connectivity index (χ0v) is 11.8. The number of carboxylic acids is 1. The van der Waals surface area contributed by atoms with Gasteiger partial charge in [-0.15, -0.1) is 0 Å². The summed E-state index contributed by atoms with van der Waals surface area (Å²) in [7, 11) is 0. The van der Waals surface area contributed by atoms with E-state index in [4.69, 9.17) is 9.84 Å². The first kappa shape index (κ1) is 15.5. The number of hydrogen-bond donors (Lipinski definition) is 2. The molecule has 0 saturated heterocycles. The summed E-state index contributed by atoms with van der Waals surface area (Å²) in [4.78, 5) is 22.2. The van der Waals surface area contributed by atoms with E-state index in [1.165, 1.54) is 12.5 Å². The monoisotopic (exact) mass is 269 g/mol. The average molecular weight is 269 g/mol. The molecule has 0 radical (unpaired) electrons. The third-order valence-electron chi connectivity index (χ3n) is 2.99. The highest BCUT2D eigenvalue weighted by atomic mass is 16.6. The summed E-state index contributed by atoms with van der Waals surface area (Å²) in [5.41, 5.74) is -0.554. The van der Waals surface area contributed by atoms with Crippen molar-refractivity contribution < 1.29 is 19.4 Å². The summed E-state index contributed by atoms with van der Waals surface area (Å²) in [6, 6.07) is -0.281. The number of rotatable bonds is 5. The van der Waals surface area contributed by atoms with Gasteiger partial charge in [-0.05, 0) is 33.1 Å². The van der Waals surface area contributed by atoms with Gasteiger partial charge < -0.3 is 15.2 Å².